The van der Waals surface area contributed by atoms with Gasteiger partial charge in [0.15, 0.2) is 6.23 Å². The third-order valence-corrected chi connectivity index (χ3v) is 10.3. The summed E-state index contributed by atoms with van der Waals surface area (Å²) in [6, 6.07) is -0.913. The lowest BCUT2D eigenvalue weighted by Crippen LogP contribution is -2.67. The number of nitrogens with two attached hydrogens (primary N) is 1. The second-order valence-corrected chi connectivity index (χ2v) is 14.7. The Bertz CT molecular complexity index is 694. The molecule has 1 fully saturated rings. The first-order chi connectivity index (χ1) is 23.0. The number of hydrogen-bond donors (Lipinski definition) is 4. The Balaban J connectivity index is 2.30. The topological polar surface area (TPSA) is 116 Å². The molecule has 1 amide bonds. The minimum absolute atomic E-state index is 0.00485. The predicted octanol–water partition coefficient (Wildman–Crippen LogP) is 9.32. The van der Waals surface area contributed by atoms with E-state index >= 15 is 0 Å². The van der Waals surface area contributed by atoms with Gasteiger partial charge in [0.2, 0.25) is 5.91 Å². The van der Waals surface area contributed by atoms with E-state index in [9.17, 15) is 20.1 Å². The van der Waals surface area contributed by atoms with Gasteiger partial charge < -0.3 is 30.7 Å². The summed E-state index contributed by atoms with van der Waals surface area (Å²) in [5, 5.41) is 30.6. The van der Waals surface area contributed by atoms with Crippen LogP contribution < -0.4 is 5.73 Å². The van der Waals surface area contributed by atoms with Crippen molar-refractivity contribution in [1.82, 2.24) is 4.90 Å². The Hall–Kier alpha value is -0.730. The number of carbonyl (C=O) groups excluding carboxylic acids is 1. The molecule has 7 heteroatoms. The van der Waals surface area contributed by atoms with Crippen LogP contribution in [0.5, 0.6) is 0 Å². The van der Waals surface area contributed by atoms with Crippen LogP contribution in [0.4, 0.5) is 0 Å². The minimum atomic E-state index is -1.26. The van der Waals surface area contributed by atoms with Crippen LogP contribution in [0.1, 0.15) is 206 Å². The van der Waals surface area contributed by atoms with Crippen molar-refractivity contribution in [2.75, 3.05) is 13.2 Å². The lowest BCUT2D eigenvalue weighted by molar-refractivity contribution is -0.226. The molecule has 0 bridgehead atoms. The fraction of sp³-hybridized carbons (Fsp3) is 0.975. The van der Waals surface area contributed by atoms with Gasteiger partial charge in [-0.05, 0) is 12.8 Å². The van der Waals surface area contributed by atoms with Crippen LogP contribution in [0, 0.1) is 0 Å². The number of hydrogen-bond acceptors (Lipinski definition) is 6. The number of nitrogens with zero attached hydrogens (tertiary/aromatic N) is 1. The van der Waals surface area contributed by atoms with Gasteiger partial charge in [0.1, 0.15) is 18.3 Å². The molecule has 0 aromatic rings. The van der Waals surface area contributed by atoms with Gasteiger partial charge in [-0.15, -0.1) is 0 Å². The van der Waals surface area contributed by atoms with Crippen LogP contribution >= 0.6 is 0 Å². The van der Waals surface area contributed by atoms with E-state index in [-0.39, 0.29) is 5.91 Å². The van der Waals surface area contributed by atoms with Crippen molar-refractivity contribution in [3.05, 3.63) is 0 Å². The number of unbranched alkanes of at least 4 members (excludes halogenated alkanes) is 27. The number of aliphatic hydroxyl groups excluding tert-OH is 3. The molecular weight excluding hydrogens is 588 g/mol. The Morgan fingerprint density at radius 2 is 0.894 bits per heavy atom. The van der Waals surface area contributed by atoms with Gasteiger partial charge in [0.05, 0.1) is 12.6 Å². The molecule has 0 spiro atoms. The van der Waals surface area contributed by atoms with Crippen molar-refractivity contribution < 1.29 is 24.9 Å². The number of aliphatic hydroxyl groups is 3. The highest BCUT2D eigenvalue weighted by molar-refractivity contribution is 5.76. The SMILES string of the molecule is CCCCCCCCCCCCCCCCCCN(C(=O)CCCCCCCCCCCCCCC)[C@@H]1O[C@H](CO)[C@@H](O)[C@H](O)[C@H]1N. The Labute approximate surface area is 291 Å². The maximum atomic E-state index is 13.4. The van der Waals surface area contributed by atoms with Gasteiger partial charge in [-0.3, -0.25) is 4.79 Å². The zero-order valence-corrected chi connectivity index (χ0v) is 31.2. The number of ether oxygens (including phenoxy) is 1. The molecule has 0 saturated carbocycles. The monoisotopic (exact) mass is 669 g/mol. The quantitative estimate of drug-likeness (QED) is 0.0518. The van der Waals surface area contributed by atoms with Gasteiger partial charge in [-0.25, -0.2) is 0 Å². The molecule has 1 aliphatic heterocycles. The summed E-state index contributed by atoms with van der Waals surface area (Å²) in [6.45, 7) is 4.63. The standard InChI is InChI=1S/C40H80N2O5/c1-3-5-7-9-11-13-15-17-18-19-21-23-25-27-29-31-33-42(40-37(41)39(46)38(45)35(34-43)47-40)36(44)32-30-28-26-24-22-20-16-14-12-10-8-6-4-2/h35,37-40,43,45-46H,3-34,41H2,1-2H3/t35-,37-,38-,39-,40-/m1/s1. The summed E-state index contributed by atoms with van der Waals surface area (Å²) >= 11 is 0. The van der Waals surface area contributed by atoms with Crippen molar-refractivity contribution in [2.24, 2.45) is 5.73 Å². The van der Waals surface area contributed by atoms with Gasteiger partial charge >= 0.3 is 0 Å². The molecule has 1 saturated heterocycles. The first-order valence-corrected chi connectivity index (χ1v) is 20.6. The van der Waals surface area contributed by atoms with E-state index in [4.69, 9.17) is 10.5 Å². The molecule has 5 atom stereocenters. The predicted molar refractivity (Wildman–Crippen MR) is 197 cm³/mol. The molecule has 1 heterocycles. The summed E-state index contributed by atoms with van der Waals surface area (Å²) in [5.74, 6) is -0.00485. The zero-order chi connectivity index (χ0) is 34.4. The molecule has 0 aromatic carbocycles. The molecule has 1 rings (SSSR count). The first kappa shape index (κ1) is 44.3. The average molecular weight is 669 g/mol. The lowest BCUT2D eigenvalue weighted by Gasteiger charge is -2.45. The summed E-state index contributed by atoms with van der Waals surface area (Å²) in [5.41, 5.74) is 6.29. The second-order valence-electron chi connectivity index (χ2n) is 14.7. The van der Waals surface area contributed by atoms with Crippen molar-refractivity contribution in [1.29, 1.82) is 0 Å². The Kier molecular flexibility index (Phi) is 29.5. The highest BCUT2D eigenvalue weighted by Gasteiger charge is 2.45. The zero-order valence-electron chi connectivity index (χ0n) is 31.2. The number of carbonyl (C=O) groups is 1. The third-order valence-electron chi connectivity index (χ3n) is 10.3. The largest absolute Gasteiger partial charge is 0.394 e. The maximum Gasteiger partial charge on any atom is 0.224 e. The molecule has 1 aliphatic rings. The van der Waals surface area contributed by atoms with Gasteiger partial charge in [-0.1, -0.05) is 187 Å². The second kappa shape index (κ2) is 31.3. The van der Waals surface area contributed by atoms with Crippen LogP contribution in [0.3, 0.4) is 0 Å². The fourth-order valence-electron chi connectivity index (χ4n) is 7.06. The minimum Gasteiger partial charge on any atom is -0.394 e. The van der Waals surface area contributed by atoms with Crippen LogP contribution in [0.2, 0.25) is 0 Å². The van der Waals surface area contributed by atoms with E-state index in [0.717, 1.165) is 38.5 Å². The van der Waals surface area contributed by atoms with Crippen molar-refractivity contribution >= 4 is 5.91 Å². The van der Waals surface area contributed by atoms with Crippen LogP contribution in [-0.2, 0) is 9.53 Å². The highest BCUT2D eigenvalue weighted by Crippen LogP contribution is 2.25. The summed E-state index contributed by atoms with van der Waals surface area (Å²) in [4.78, 5) is 15.1. The van der Waals surface area contributed by atoms with E-state index in [1.165, 1.54) is 148 Å². The Morgan fingerprint density at radius 1 is 0.553 bits per heavy atom. The lowest BCUT2D eigenvalue weighted by atomic mass is 9.95. The van der Waals surface area contributed by atoms with Gasteiger partial charge in [0.25, 0.3) is 0 Å². The normalized spacial score (nSPS) is 21.4. The van der Waals surface area contributed by atoms with Crippen molar-refractivity contribution in [2.45, 2.75) is 237 Å². The van der Waals surface area contributed by atoms with Crippen LogP contribution in [0.15, 0.2) is 0 Å². The molecule has 0 radical (unpaired) electrons. The summed E-state index contributed by atoms with van der Waals surface area (Å²) < 4.78 is 5.93. The van der Waals surface area contributed by atoms with Gasteiger partial charge in [0, 0.05) is 13.0 Å². The van der Waals surface area contributed by atoms with Gasteiger partial charge in [-0.2, -0.15) is 0 Å². The highest BCUT2D eigenvalue weighted by atomic mass is 16.5. The maximum absolute atomic E-state index is 13.4. The first-order valence-electron chi connectivity index (χ1n) is 20.6. The van der Waals surface area contributed by atoms with E-state index in [2.05, 4.69) is 13.8 Å². The third kappa shape index (κ3) is 21.9. The number of rotatable bonds is 33. The van der Waals surface area contributed by atoms with Crippen LogP contribution in [0.25, 0.3) is 0 Å². The molecule has 280 valence electrons. The molecule has 47 heavy (non-hydrogen) atoms. The molecule has 0 aromatic heterocycles. The van der Waals surface area contributed by atoms with Crippen molar-refractivity contribution in [3.8, 4) is 0 Å². The molecule has 5 N–H and O–H groups in total. The molecule has 0 unspecified atom stereocenters. The average Bonchev–Trinajstić information content (AvgIpc) is 3.07. The Morgan fingerprint density at radius 3 is 1.26 bits per heavy atom. The van der Waals surface area contributed by atoms with E-state index in [1.807, 2.05) is 0 Å². The summed E-state index contributed by atoms with van der Waals surface area (Å²) in [6.07, 6.45) is 33.2. The molecule has 7 nitrogen and oxygen atoms in total. The van der Waals surface area contributed by atoms with E-state index in [0.29, 0.717) is 13.0 Å². The van der Waals surface area contributed by atoms with E-state index < -0.39 is 37.2 Å². The molecule has 0 aliphatic carbocycles. The van der Waals surface area contributed by atoms with E-state index in [1.54, 1.807) is 4.90 Å². The van der Waals surface area contributed by atoms with Crippen LogP contribution in [-0.4, -0.2) is 69.9 Å². The van der Waals surface area contributed by atoms with Crippen molar-refractivity contribution in [3.63, 3.8) is 0 Å². The smallest absolute Gasteiger partial charge is 0.224 e. The summed E-state index contributed by atoms with van der Waals surface area (Å²) in [7, 11) is 0. The fourth-order valence-corrected chi connectivity index (χ4v) is 7.06. The number of amides is 1. The molecular formula is C40H80N2O5.